The molecule has 0 fully saturated rings. The first-order valence-corrected chi connectivity index (χ1v) is 5.32. The van der Waals surface area contributed by atoms with Crippen LogP contribution < -0.4 is 9.47 Å². The Morgan fingerprint density at radius 2 is 1.56 bits per heavy atom. The van der Waals surface area contributed by atoms with Crippen LogP contribution in [0.1, 0.15) is 31.8 Å². The SMILES string of the molecule is COC(=O)c1c(C)c(C=O)c(OC)c(C)c1OC. The summed E-state index contributed by atoms with van der Waals surface area (Å²) in [6, 6.07) is 0. The van der Waals surface area contributed by atoms with E-state index in [0.29, 0.717) is 34.5 Å². The van der Waals surface area contributed by atoms with Crippen molar-refractivity contribution in [1.82, 2.24) is 0 Å². The molecule has 0 aliphatic carbocycles. The summed E-state index contributed by atoms with van der Waals surface area (Å²) < 4.78 is 15.1. The van der Waals surface area contributed by atoms with Crippen molar-refractivity contribution in [2.45, 2.75) is 13.8 Å². The molecular formula is C13H16O5. The number of benzene rings is 1. The molecular weight excluding hydrogens is 236 g/mol. The molecule has 0 bridgehead atoms. The van der Waals surface area contributed by atoms with Crippen LogP contribution >= 0.6 is 0 Å². The maximum atomic E-state index is 11.8. The predicted octanol–water partition coefficient (Wildman–Crippen LogP) is 1.92. The van der Waals surface area contributed by atoms with Gasteiger partial charge >= 0.3 is 5.97 Å². The quantitative estimate of drug-likeness (QED) is 0.605. The molecule has 0 spiro atoms. The summed E-state index contributed by atoms with van der Waals surface area (Å²) in [6.45, 7) is 3.37. The van der Waals surface area contributed by atoms with Gasteiger partial charge in [-0.15, -0.1) is 0 Å². The molecule has 0 saturated heterocycles. The van der Waals surface area contributed by atoms with Gasteiger partial charge in [0.15, 0.2) is 6.29 Å². The average Bonchev–Trinajstić information content (AvgIpc) is 2.38. The van der Waals surface area contributed by atoms with E-state index >= 15 is 0 Å². The number of esters is 1. The molecule has 0 unspecified atom stereocenters. The topological polar surface area (TPSA) is 61.8 Å². The first-order valence-electron chi connectivity index (χ1n) is 5.32. The summed E-state index contributed by atoms with van der Waals surface area (Å²) in [6.07, 6.45) is 0.660. The minimum absolute atomic E-state index is 0.250. The highest BCUT2D eigenvalue weighted by Gasteiger charge is 2.25. The highest BCUT2D eigenvalue weighted by molar-refractivity contribution is 5.99. The van der Waals surface area contributed by atoms with Crippen molar-refractivity contribution in [3.8, 4) is 11.5 Å². The Morgan fingerprint density at radius 3 is 1.94 bits per heavy atom. The maximum absolute atomic E-state index is 11.8. The van der Waals surface area contributed by atoms with E-state index in [9.17, 15) is 9.59 Å². The summed E-state index contributed by atoms with van der Waals surface area (Å²) in [5, 5.41) is 0. The Bertz CT molecular complexity index is 491. The lowest BCUT2D eigenvalue weighted by Crippen LogP contribution is -2.11. The first kappa shape index (κ1) is 14.0. The minimum atomic E-state index is -0.543. The second-order valence-corrected chi connectivity index (χ2v) is 3.71. The van der Waals surface area contributed by atoms with Gasteiger partial charge in [-0.05, 0) is 19.4 Å². The van der Waals surface area contributed by atoms with Gasteiger partial charge in [-0.1, -0.05) is 0 Å². The number of carbonyl (C=O) groups excluding carboxylic acids is 2. The van der Waals surface area contributed by atoms with Gasteiger partial charge in [-0.2, -0.15) is 0 Å². The van der Waals surface area contributed by atoms with Crippen molar-refractivity contribution in [2.24, 2.45) is 0 Å². The largest absolute Gasteiger partial charge is 0.496 e. The van der Waals surface area contributed by atoms with Gasteiger partial charge in [0.2, 0.25) is 0 Å². The molecule has 0 aromatic heterocycles. The van der Waals surface area contributed by atoms with Crippen molar-refractivity contribution < 1.29 is 23.8 Å². The molecule has 1 rings (SSSR count). The molecule has 5 heteroatoms. The number of hydrogen-bond donors (Lipinski definition) is 0. The fourth-order valence-electron chi connectivity index (χ4n) is 1.98. The molecule has 0 radical (unpaired) electrons. The van der Waals surface area contributed by atoms with Crippen molar-refractivity contribution in [3.63, 3.8) is 0 Å². The Morgan fingerprint density at radius 1 is 1.00 bits per heavy atom. The molecule has 0 amide bonds. The summed E-state index contributed by atoms with van der Waals surface area (Å²) in [4.78, 5) is 22.9. The summed E-state index contributed by atoms with van der Waals surface area (Å²) in [7, 11) is 4.20. The van der Waals surface area contributed by atoms with Crippen LogP contribution in [0, 0.1) is 13.8 Å². The van der Waals surface area contributed by atoms with Crippen LogP contribution in [-0.4, -0.2) is 33.6 Å². The van der Waals surface area contributed by atoms with Crippen molar-refractivity contribution >= 4 is 12.3 Å². The van der Waals surface area contributed by atoms with E-state index in [4.69, 9.17) is 14.2 Å². The van der Waals surface area contributed by atoms with E-state index < -0.39 is 5.97 Å². The minimum Gasteiger partial charge on any atom is -0.496 e. The molecule has 98 valence electrons. The molecule has 0 saturated carbocycles. The fraction of sp³-hybridized carbons (Fsp3) is 0.385. The number of aldehydes is 1. The molecule has 5 nitrogen and oxygen atoms in total. The van der Waals surface area contributed by atoms with Crippen molar-refractivity contribution in [2.75, 3.05) is 21.3 Å². The second kappa shape index (κ2) is 5.53. The standard InChI is InChI=1S/C13H16O5/c1-7-9(6-14)11(16-3)8(2)12(17-4)10(7)13(15)18-5/h6H,1-5H3. The monoisotopic (exact) mass is 252 g/mol. The molecule has 0 aliphatic heterocycles. The van der Waals surface area contributed by atoms with Crippen LogP contribution in [0.5, 0.6) is 11.5 Å². The smallest absolute Gasteiger partial charge is 0.341 e. The lowest BCUT2D eigenvalue weighted by molar-refractivity contribution is 0.0596. The molecule has 0 N–H and O–H groups in total. The molecule has 0 heterocycles. The summed E-state index contributed by atoms with van der Waals surface area (Å²) in [5.41, 5.74) is 1.65. The normalized spacial score (nSPS) is 9.83. The van der Waals surface area contributed by atoms with Gasteiger partial charge in [-0.25, -0.2) is 4.79 Å². The third-order valence-corrected chi connectivity index (χ3v) is 2.85. The second-order valence-electron chi connectivity index (χ2n) is 3.71. The van der Waals surface area contributed by atoms with Crippen molar-refractivity contribution in [1.29, 1.82) is 0 Å². The van der Waals surface area contributed by atoms with Crippen LogP contribution in [0.3, 0.4) is 0 Å². The van der Waals surface area contributed by atoms with Gasteiger partial charge in [0, 0.05) is 5.56 Å². The Labute approximate surface area is 106 Å². The van der Waals surface area contributed by atoms with Crippen LogP contribution in [-0.2, 0) is 4.74 Å². The molecule has 1 aromatic rings. The summed E-state index contributed by atoms with van der Waals surface area (Å²) in [5.74, 6) is 0.229. The fourth-order valence-corrected chi connectivity index (χ4v) is 1.98. The highest BCUT2D eigenvalue weighted by atomic mass is 16.5. The number of rotatable bonds is 4. The van der Waals surface area contributed by atoms with E-state index in [1.807, 2.05) is 0 Å². The Balaban J connectivity index is 3.76. The van der Waals surface area contributed by atoms with Gasteiger partial charge in [0.05, 0.1) is 26.9 Å². The predicted molar refractivity (Wildman–Crippen MR) is 65.7 cm³/mol. The zero-order valence-electron chi connectivity index (χ0n) is 11.1. The zero-order valence-corrected chi connectivity index (χ0v) is 11.1. The average molecular weight is 252 g/mol. The van der Waals surface area contributed by atoms with E-state index in [2.05, 4.69) is 0 Å². The molecule has 18 heavy (non-hydrogen) atoms. The molecule has 0 aliphatic rings. The van der Waals surface area contributed by atoms with Crippen LogP contribution in [0.25, 0.3) is 0 Å². The molecule has 0 atom stereocenters. The number of carbonyl (C=O) groups is 2. The maximum Gasteiger partial charge on any atom is 0.341 e. The van der Waals surface area contributed by atoms with E-state index in [1.165, 1.54) is 21.3 Å². The third-order valence-electron chi connectivity index (χ3n) is 2.85. The number of ether oxygens (including phenoxy) is 3. The third kappa shape index (κ3) is 2.03. The highest BCUT2D eigenvalue weighted by Crippen LogP contribution is 2.37. The lowest BCUT2D eigenvalue weighted by Gasteiger charge is -2.18. The first-order chi connectivity index (χ1) is 8.53. The van der Waals surface area contributed by atoms with Gasteiger partial charge in [0.25, 0.3) is 0 Å². The van der Waals surface area contributed by atoms with Crippen LogP contribution in [0.4, 0.5) is 0 Å². The van der Waals surface area contributed by atoms with Gasteiger partial charge in [0.1, 0.15) is 17.1 Å². The zero-order chi connectivity index (χ0) is 13.9. The number of methoxy groups -OCH3 is 3. The van der Waals surface area contributed by atoms with E-state index in [-0.39, 0.29) is 5.56 Å². The van der Waals surface area contributed by atoms with E-state index in [0.717, 1.165) is 0 Å². The van der Waals surface area contributed by atoms with Crippen LogP contribution in [0.2, 0.25) is 0 Å². The summed E-state index contributed by atoms with van der Waals surface area (Å²) >= 11 is 0. The number of hydrogen-bond acceptors (Lipinski definition) is 5. The molecule has 1 aromatic carbocycles. The van der Waals surface area contributed by atoms with Gasteiger partial charge < -0.3 is 14.2 Å². The lowest BCUT2D eigenvalue weighted by atomic mass is 9.96. The Hall–Kier alpha value is -2.04. The van der Waals surface area contributed by atoms with Gasteiger partial charge in [-0.3, -0.25) is 4.79 Å². The van der Waals surface area contributed by atoms with Crippen molar-refractivity contribution in [3.05, 3.63) is 22.3 Å². The Kier molecular flexibility index (Phi) is 4.31. The van der Waals surface area contributed by atoms with Crippen LogP contribution in [0.15, 0.2) is 0 Å². The van der Waals surface area contributed by atoms with E-state index in [1.54, 1.807) is 13.8 Å².